The van der Waals surface area contributed by atoms with E-state index < -0.39 is 11.7 Å². The number of likely N-dealkylation sites (tertiary alicyclic amines) is 1. The molecule has 1 aromatic carbocycles. The zero-order valence-electron chi connectivity index (χ0n) is 15.4. The van der Waals surface area contributed by atoms with Crippen molar-refractivity contribution in [3.8, 4) is 0 Å². The van der Waals surface area contributed by atoms with Gasteiger partial charge < -0.3 is 9.64 Å². The van der Waals surface area contributed by atoms with Crippen LogP contribution in [0, 0.1) is 0 Å². The van der Waals surface area contributed by atoms with Gasteiger partial charge in [0.1, 0.15) is 5.60 Å². The first kappa shape index (κ1) is 19.5. The maximum atomic E-state index is 12.7. The van der Waals surface area contributed by atoms with Gasteiger partial charge in [-0.2, -0.15) is 0 Å². The molecule has 0 aromatic heterocycles. The lowest BCUT2D eigenvalue weighted by molar-refractivity contribution is -0.125. The number of carbonyl (C=O) groups is 2. The summed E-state index contributed by atoms with van der Waals surface area (Å²) in [6.45, 7) is 5.39. The summed E-state index contributed by atoms with van der Waals surface area (Å²) >= 11 is 3.42. The molecule has 0 unspecified atom stereocenters. The molecule has 2 amide bonds. The monoisotopic (exact) mass is 408 g/mol. The van der Waals surface area contributed by atoms with Crippen molar-refractivity contribution in [2.75, 3.05) is 14.1 Å². The van der Waals surface area contributed by atoms with Crippen LogP contribution in [0.4, 0.5) is 4.79 Å². The van der Waals surface area contributed by atoms with Crippen LogP contribution in [0.2, 0.25) is 0 Å². The number of rotatable bonds is 3. The minimum atomic E-state index is -0.645. The number of hydrogen-bond donors (Lipinski definition) is 0. The zero-order chi connectivity index (χ0) is 18.8. The van der Waals surface area contributed by atoms with Gasteiger partial charge in [0.25, 0.3) is 5.91 Å². The average molecular weight is 409 g/mol. The minimum absolute atomic E-state index is 0.241. The molecule has 6 heteroatoms. The molecule has 2 rings (SSSR count). The quantitative estimate of drug-likeness (QED) is 0.709. The van der Waals surface area contributed by atoms with Crippen LogP contribution in [-0.2, 0) is 16.0 Å². The van der Waals surface area contributed by atoms with E-state index in [0.717, 1.165) is 10.0 Å². The molecule has 1 aromatic rings. The Morgan fingerprint density at radius 1 is 1.32 bits per heavy atom. The van der Waals surface area contributed by atoms with Crippen LogP contribution in [0.15, 0.2) is 40.5 Å². The van der Waals surface area contributed by atoms with Crippen molar-refractivity contribution in [3.05, 3.63) is 46.1 Å². The van der Waals surface area contributed by atoms with Gasteiger partial charge in [0, 0.05) is 36.8 Å². The Kier molecular flexibility index (Phi) is 5.93. The minimum Gasteiger partial charge on any atom is -0.443 e. The normalized spacial score (nSPS) is 19.4. The number of ether oxygens (including phenoxy) is 1. The van der Waals surface area contributed by atoms with Gasteiger partial charge in [-0.15, -0.1) is 0 Å². The molecule has 1 fully saturated rings. The molecule has 0 aliphatic carbocycles. The summed E-state index contributed by atoms with van der Waals surface area (Å²) in [6.07, 6.45) is 2.32. The number of amides is 2. The van der Waals surface area contributed by atoms with Gasteiger partial charge in [-0.1, -0.05) is 28.1 Å². The van der Waals surface area contributed by atoms with Crippen LogP contribution in [0.25, 0.3) is 0 Å². The van der Waals surface area contributed by atoms with Crippen molar-refractivity contribution in [1.82, 2.24) is 9.80 Å². The lowest BCUT2D eigenvalue weighted by atomic mass is 10.0. The van der Waals surface area contributed by atoms with Crippen LogP contribution in [0.3, 0.4) is 0 Å². The Hall–Kier alpha value is -1.82. The molecule has 1 heterocycles. The van der Waals surface area contributed by atoms with Crippen molar-refractivity contribution in [3.63, 3.8) is 0 Å². The first-order valence-corrected chi connectivity index (χ1v) is 9.04. The number of carbonyl (C=O) groups excluding carboxylic acids is 2. The first-order valence-electron chi connectivity index (χ1n) is 8.25. The van der Waals surface area contributed by atoms with Crippen molar-refractivity contribution in [2.45, 2.75) is 45.3 Å². The molecule has 0 spiro atoms. The smallest absolute Gasteiger partial charge is 0.417 e. The summed E-state index contributed by atoms with van der Waals surface area (Å²) in [5.74, 6) is -0.273. The fourth-order valence-corrected chi connectivity index (χ4v) is 3.04. The Morgan fingerprint density at radius 2 is 1.92 bits per heavy atom. The maximum Gasteiger partial charge on any atom is 0.417 e. The third kappa shape index (κ3) is 5.33. The van der Waals surface area contributed by atoms with E-state index in [-0.39, 0.29) is 11.9 Å². The number of halogens is 1. The molecule has 1 aliphatic rings. The second-order valence-corrected chi connectivity index (χ2v) is 8.38. The molecule has 0 radical (unpaired) electrons. The third-order valence-corrected chi connectivity index (χ3v) is 4.23. The Morgan fingerprint density at radius 3 is 2.44 bits per heavy atom. The van der Waals surface area contributed by atoms with Gasteiger partial charge in [0.05, 0.1) is 6.04 Å². The van der Waals surface area contributed by atoms with Gasteiger partial charge in [-0.05, 0) is 44.9 Å². The van der Waals surface area contributed by atoms with E-state index in [2.05, 4.69) is 15.9 Å². The van der Waals surface area contributed by atoms with E-state index >= 15 is 0 Å². The molecule has 25 heavy (non-hydrogen) atoms. The molecule has 0 saturated carbocycles. The summed E-state index contributed by atoms with van der Waals surface area (Å²) in [4.78, 5) is 28.4. The highest BCUT2D eigenvalue weighted by Crippen LogP contribution is 2.29. The standard InChI is InChI=1S/C19H25BrN2O3/c1-19(2,3)25-18(24)22-16(10-13-6-8-15(20)9-7-13)11-14(17(22)23)12-21(4)5/h6-9,12,16H,10-11H2,1-5H3/b14-12+/t16-/m1/s1. The van der Waals surface area contributed by atoms with Crippen molar-refractivity contribution >= 4 is 27.9 Å². The largest absolute Gasteiger partial charge is 0.443 e. The number of imide groups is 1. The van der Waals surface area contributed by atoms with Gasteiger partial charge in [-0.3, -0.25) is 4.79 Å². The van der Waals surface area contributed by atoms with Crippen LogP contribution >= 0.6 is 15.9 Å². The molecule has 1 atom stereocenters. The van der Waals surface area contributed by atoms with Crippen LogP contribution in [-0.4, -0.2) is 47.5 Å². The first-order chi connectivity index (χ1) is 11.6. The maximum absolute atomic E-state index is 12.7. The van der Waals surface area contributed by atoms with E-state index in [1.807, 2.05) is 43.3 Å². The van der Waals surface area contributed by atoms with E-state index in [4.69, 9.17) is 4.74 Å². The van der Waals surface area contributed by atoms with Gasteiger partial charge in [0.15, 0.2) is 0 Å². The average Bonchev–Trinajstić information content (AvgIpc) is 2.75. The second kappa shape index (κ2) is 7.60. The Labute approximate surface area is 157 Å². The molecule has 0 bridgehead atoms. The number of hydrogen-bond acceptors (Lipinski definition) is 4. The highest BCUT2D eigenvalue weighted by Gasteiger charge is 2.41. The highest BCUT2D eigenvalue weighted by atomic mass is 79.9. The van der Waals surface area contributed by atoms with Crippen molar-refractivity contribution < 1.29 is 14.3 Å². The van der Waals surface area contributed by atoms with Crippen LogP contribution < -0.4 is 0 Å². The van der Waals surface area contributed by atoms with E-state index in [0.29, 0.717) is 18.4 Å². The third-order valence-electron chi connectivity index (χ3n) is 3.70. The predicted molar refractivity (Wildman–Crippen MR) is 101 cm³/mol. The van der Waals surface area contributed by atoms with Crippen molar-refractivity contribution in [2.24, 2.45) is 0 Å². The Balaban J connectivity index is 2.27. The summed E-state index contributed by atoms with van der Waals surface area (Å²) in [5, 5.41) is 0. The molecular weight excluding hydrogens is 384 g/mol. The molecule has 136 valence electrons. The van der Waals surface area contributed by atoms with E-state index in [1.54, 1.807) is 27.0 Å². The molecule has 0 N–H and O–H groups in total. The zero-order valence-corrected chi connectivity index (χ0v) is 17.0. The topological polar surface area (TPSA) is 49.9 Å². The fraction of sp³-hybridized carbons (Fsp3) is 0.474. The second-order valence-electron chi connectivity index (χ2n) is 7.46. The highest BCUT2D eigenvalue weighted by molar-refractivity contribution is 9.10. The van der Waals surface area contributed by atoms with E-state index in [9.17, 15) is 9.59 Å². The molecule has 1 aliphatic heterocycles. The Bertz CT molecular complexity index is 675. The summed E-state index contributed by atoms with van der Waals surface area (Å²) in [5.41, 5.74) is 1.05. The molecule has 1 saturated heterocycles. The number of benzene rings is 1. The molecular formula is C19H25BrN2O3. The van der Waals surface area contributed by atoms with Crippen LogP contribution in [0.5, 0.6) is 0 Å². The molecule has 5 nitrogen and oxygen atoms in total. The van der Waals surface area contributed by atoms with Crippen molar-refractivity contribution in [1.29, 1.82) is 0 Å². The van der Waals surface area contributed by atoms with Gasteiger partial charge in [0.2, 0.25) is 0 Å². The predicted octanol–water partition coefficient (Wildman–Crippen LogP) is 3.97. The van der Waals surface area contributed by atoms with Gasteiger partial charge in [-0.25, -0.2) is 9.69 Å². The SMILES string of the molecule is CN(C)/C=C1\C[C@@H](Cc2ccc(Br)cc2)N(C(=O)OC(C)(C)C)C1=O. The summed E-state index contributed by atoms with van der Waals surface area (Å²) < 4.78 is 6.45. The summed E-state index contributed by atoms with van der Waals surface area (Å²) in [7, 11) is 3.72. The summed E-state index contributed by atoms with van der Waals surface area (Å²) in [6, 6.07) is 7.67. The van der Waals surface area contributed by atoms with Crippen LogP contribution in [0.1, 0.15) is 32.8 Å². The fourth-order valence-electron chi connectivity index (χ4n) is 2.77. The lowest BCUT2D eigenvalue weighted by Gasteiger charge is -2.27. The number of nitrogens with zero attached hydrogens (tertiary/aromatic N) is 2. The van der Waals surface area contributed by atoms with Gasteiger partial charge >= 0.3 is 6.09 Å². The lowest BCUT2D eigenvalue weighted by Crippen LogP contribution is -2.43. The van der Waals surface area contributed by atoms with E-state index in [1.165, 1.54) is 4.90 Å².